The van der Waals surface area contributed by atoms with Gasteiger partial charge in [0, 0.05) is 16.9 Å². The zero-order chi connectivity index (χ0) is 16.8. The lowest BCUT2D eigenvalue weighted by Crippen LogP contribution is -2.51. The topological polar surface area (TPSA) is 50.4 Å². The highest BCUT2D eigenvalue weighted by atomic mass is 16.3. The molecule has 0 saturated carbocycles. The summed E-state index contributed by atoms with van der Waals surface area (Å²) in [6.07, 6.45) is 10.5. The van der Waals surface area contributed by atoms with E-state index in [-0.39, 0.29) is 11.7 Å². The van der Waals surface area contributed by atoms with Crippen LogP contribution in [-0.4, -0.2) is 16.5 Å². The fourth-order valence-corrected chi connectivity index (χ4v) is 4.20. The number of hydrogen-bond donors (Lipinski definition) is 1. The average Bonchev–Trinajstić information content (AvgIpc) is 2.80. The highest BCUT2D eigenvalue weighted by molar-refractivity contribution is 5.96. The molecular formula is C20H26O3. The minimum Gasteiger partial charge on any atom is -0.464 e. The summed E-state index contributed by atoms with van der Waals surface area (Å²) in [4.78, 5) is 12.7. The predicted molar refractivity (Wildman–Crippen MR) is 91.0 cm³/mol. The number of carbonyl (C=O) groups is 1. The maximum atomic E-state index is 12.7. The number of carbonyl (C=O) groups excluding carboxylic acids is 1. The Kier molecular flexibility index (Phi) is 3.88. The number of furan rings is 1. The van der Waals surface area contributed by atoms with Gasteiger partial charge in [-0.3, -0.25) is 4.79 Å². The van der Waals surface area contributed by atoms with Crippen LogP contribution in [0.4, 0.5) is 0 Å². The van der Waals surface area contributed by atoms with Gasteiger partial charge in [-0.2, -0.15) is 0 Å². The lowest BCUT2D eigenvalue weighted by molar-refractivity contribution is -0.135. The third kappa shape index (κ3) is 2.72. The first-order valence-electron chi connectivity index (χ1n) is 8.44. The van der Waals surface area contributed by atoms with Gasteiger partial charge in [-0.05, 0) is 70.2 Å². The Morgan fingerprint density at radius 1 is 1.30 bits per heavy atom. The average molecular weight is 314 g/mol. The molecule has 0 unspecified atom stereocenters. The first kappa shape index (κ1) is 16.3. The van der Waals surface area contributed by atoms with E-state index in [0.717, 1.165) is 36.1 Å². The standard InChI is InChI=1S/C20H26O3/c1-13-6-5-8-19(3)17(20(4,22)9-7-18(19)21)11-15-14(2)12-23-16(15)10-13/h7,9-10,12,17,22H,5-6,8,11H2,1-4H3/b13-10-/t17-,19-,20+/m0/s1. The Labute approximate surface area is 138 Å². The van der Waals surface area contributed by atoms with Crippen LogP contribution in [0.25, 0.3) is 6.08 Å². The van der Waals surface area contributed by atoms with Gasteiger partial charge in [0.15, 0.2) is 5.78 Å². The summed E-state index contributed by atoms with van der Waals surface area (Å²) in [5.41, 5.74) is 1.96. The molecule has 1 heterocycles. The normalized spacial score (nSPS) is 36.8. The molecule has 1 N–H and O–H groups in total. The Bertz CT molecular complexity index is 690. The summed E-state index contributed by atoms with van der Waals surface area (Å²) < 4.78 is 5.74. The number of aliphatic hydroxyl groups is 1. The molecule has 0 saturated heterocycles. The highest BCUT2D eigenvalue weighted by Gasteiger charge is 2.50. The van der Waals surface area contributed by atoms with Crippen LogP contribution >= 0.6 is 0 Å². The van der Waals surface area contributed by atoms with Crippen molar-refractivity contribution in [2.45, 2.75) is 59.0 Å². The number of hydrogen-bond acceptors (Lipinski definition) is 3. The quantitative estimate of drug-likeness (QED) is 0.779. The molecule has 0 amide bonds. The van der Waals surface area contributed by atoms with E-state index in [1.165, 1.54) is 5.57 Å². The smallest absolute Gasteiger partial charge is 0.161 e. The minimum atomic E-state index is -0.985. The molecule has 3 rings (SSSR count). The summed E-state index contributed by atoms with van der Waals surface area (Å²) in [6, 6.07) is 0. The fourth-order valence-electron chi connectivity index (χ4n) is 4.20. The highest BCUT2D eigenvalue weighted by Crippen LogP contribution is 2.47. The van der Waals surface area contributed by atoms with Gasteiger partial charge in [-0.25, -0.2) is 0 Å². The van der Waals surface area contributed by atoms with Crippen LogP contribution < -0.4 is 0 Å². The van der Waals surface area contributed by atoms with Crippen molar-refractivity contribution >= 4 is 11.9 Å². The van der Waals surface area contributed by atoms with Gasteiger partial charge in [0.1, 0.15) is 5.76 Å². The first-order chi connectivity index (χ1) is 10.7. The van der Waals surface area contributed by atoms with Crippen molar-refractivity contribution < 1.29 is 14.3 Å². The summed E-state index contributed by atoms with van der Waals surface area (Å²) >= 11 is 0. The molecule has 0 bridgehead atoms. The van der Waals surface area contributed by atoms with Crippen molar-refractivity contribution in [2.75, 3.05) is 0 Å². The predicted octanol–water partition coefficient (Wildman–Crippen LogP) is 4.23. The second-order valence-corrected chi connectivity index (χ2v) is 7.70. The lowest BCUT2D eigenvalue weighted by atomic mass is 9.59. The van der Waals surface area contributed by atoms with E-state index >= 15 is 0 Å². The van der Waals surface area contributed by atoms with E-state index in [1.54, 1.807) is 18.4 Å². The summed E-state index contributed by atoms with van der Waals surface area (Å²) in [7, 11) is 0. The van der Waals surface area contributed by atoms with E-state index < -0.39 is 11.0 Å². The first-order valence-corrected chi connectivity index (χ1v) is 8.44. The van der Waals surface area contributed by atoms with Crippen molar-refractivity contribution in [1.29, 1.82) is 0 Å². The van der Waals surface area contributed by atoms with Gasteiger partial charge in [0.05, 0.1) is 11.9 Å². The Balaban J connectivity index is 2.14. The van der Waals surface area contributed by atoms with Gasteiger partial charge in [-0.15, -0.1) is 0 Å². The largest absolute Gasteiger partial charge is 0.464 e. The molecule has 1 aromatic heterocycles. The van der Waals surface area contributed by atoms with Crippen molar-refractivity contribution in [3.63, 3.8) is 0 Å². The number of rotatable bonds is 0. The lowest BCUT2D eigenvalue weighted by Gasteiger charge is -2.46. The van der Waals surface area contributed by atoms with E-state index in [4.69, 9.17) is 4.42 Å². The zero-order valence-corrected chi connectivity index (χ0v) is 14.5. The van der Waals surface area contributed by atoms with Crippen LogP contribution in [0.2, 0.25) is 0 Å². The monoisotopic (exact) mass is 314 g/mol. The molecule has 0 spiro atoms. The molecule has 2 aliphatic rings. The third-order valence-electron chi connectivity index (χ3n) is 5.80. The van der Waals surface area contributed by atoms with Crippen molar-refractivity contribution in [1.82, 2.24) is 0 Å². The number of aryl methyl sites for hydroxylation is 1. The SMILES string of the molecule is C/C1=C/c2occ(C)c2C[C@@H]2[C@](C)(O)C=CC(=O)[C@@]2(C)CCC1. The number of ketones is 1. The summed E-state index contributed by atoms with van der Waals surface area (Å²) in [6.45, 7) is 7.99. The molecule has 3 heteroatoms. The van der Waals surface area contributed by atoms with Crippen LogP contribution in [0.3, 0.4) is 0 Å². The number of allylic oxidation sites excluding steroid dienone is 2. The third-order valence-corrected chi connectivity index (χ3v) is 5.80. The van der Waals surface area contributed by atoms with Crippen LogP contribution in [-0.2, 0) is 11.2 Å². The van der Waals surface area contributed by atoms with E-state index in [1.807, 2.05) is 20.8 Å². The minimum absolute atomic E-state index is 0.138. The maximum Gasteiger partial charge on any atom is 0.161 e. The van der Waals surface area contributed by atoms with Gasteiger partial charge < -0.3 is 9.52 Å². The van der Waals surface area contributed by atoms with Crippen LogP contribution in [0.1, 0.15) is 56.9 Å². The molecular weight excluding hydrogens is 288 g/mol. The van der Waals surface area contributed by atoms with E-state index in [0.29, 0.717) is 6.42 Å². The Morgan fingerprint density at radius 2 is 2.04 bits per heavy atom. The second-order valence-electron chi connectivity index (χ2n) is 7.70. The molecule has 0 aromatic carbocycles. The van der Waals surface area contributed by atoms with Crippen LogP contribution in [0.15, 0.2) is 28.4 Å². The van der Waals surface area contributed by atoms with E-state index in [2.05, 4.69) is 13.0 Å². The summed E-state index contributed by atoms with van der Waals surface area (Å²) in [5, 5.41) is 11.0. The van der Waals surface area contributed by atoms with Crippen molar-refractivity contribution in [2.24, 2.45) is 11.3 Å². The molecule has 23 heavy (non-hydrogen) atoms. The van der Waals surface area contributed by atoms with Crippen LogP contribution in [0.5, 0.6) is 0 Å². The molecule has 0 fully saturated rings. The zero-order valence-electron chi connectivity index (χ0n) is 14.5. The molecule has 124 valence electrons. The van der Waals surface area contributed by atoms with Gasteiger partial charge >= 0.3 is 0 Å². The summed E-state index contributed by atoms with van der Waals surface area (Å²) in [5.74, 6) is 0.871. The molecule has 1 aromatic rings. The van der Waals surface area contributed by atoms with Gasteiger partial charge in [-0.1, -0.05) is 12.5 Å². The van der Waals surface area contributed by atoms with Gasteiger partial charge in [0.2, 0.25) is 0 Å². The van der Waals surface area contributed by atoms with E-state index in [9.17, 15) is 9.90 Å². The van der Waals surface area contributed by atoms with Crippen molar-refractivity contribution in [3.05, 3.63) is 40.9 Å². The molecule has 3 atom stereocenters. The Hall–Kier alpha value is -1.61. The number of fused-ring (bicyclic) bond motifs is 2. The molecule has 0 radical (unpaired) electrons. The fraction of sp³-hybridized carbons (Fsp3) is 0.550. The van der Waals surface area contributed by atoms with Crippen LogP contribution in [0, 0.1) is 18.3 Å². The van der Waals surface area contributed by atoms with Crippen molar-refractivity contribution in [3.8, 4) is 0 Å². The molecule has 0 aliphatic heterocycles. The Morgan fingerprint density at radius 3 is 2.78 bits per heavy atom. The molecule has 2 aliphatic carbocycles. The molecule has 3 nitrogen and oxygen atoms in total. The second kappa shape index (κ2) is 5.48. The van der Waals surface area contributed by atoms with Gasteiger partial charge in [0.25, 0.3) is 0 Å². The maximum absolute atomic E-state index is 12.7.